The molecule has 0 bridgehead atoms. The number of carbonyl (C=O) groups excluding carboxylic acids is 1. The third kappa shape index (κ3) is 3.95. The molecule has 1 rings (SSSR count). The summed E-state index contributed by atoms with van der Waals surface area (Å²) in [6.07, 6.45) is 1.16. The largest absolute Gasteiger partial charge is 0.349 e. The second-order valence-corrected chi connectivity index (χ2v) is 5.79. The quantitative estimate of drug-likeness (QED) is 0.678. The minimum Gasteiger partial charge on any atom is -0.349 e. The highest BCUT2D eigenvalue weighted by Gasteiger charge is 2.18. The lowest BCUT2D eigenvalue weighted by atomic mass is 10.1. The van der Waals surface area contributed by atoms with E-state index in [9.17, 15) is 4.79 Å². The summed E-state index contributed by atoms with van der Waals surface area (Å²) in [5.74, 6) is 0.897. The predicted molar refractivity (Wildman–Crippen MR) is 85.5 cm³/mol. The number of aromatic nitrogens is 1. The SMILES string of the molecule is CCC(C)CN(CC)CC(=O)c1cc(C)n(CC)c1C. The van der Waals surface area contributed by atoms with Crippen LogP contribution in [-0.2, 0) is 6.54 Å². The van der Waals surface area contributed by atoms with E-state index in [0.29, 0.717) is 12.5 Å². The van der Waals surface area contributed by atoms with Crippen LogP contribution in [0.1, 0.15) is 55.9 Å². The van der Waals surface area contributed by atoms with Crippen LogP contribution in [-0.4, -0.2) is 34.9 Å². The van der Waals surface area contributed by atoms with Gasteiger partial charge >= 0.3 is 0 Å². The van der Waals surface area contributed by atoms with Gasteiger partial charge < -0.3 is 4.57 Å². The second kappa shape index (κ2) is 7.63. The van der Waals surface area contributed by atoms with Crippen LogP contribution >= 0.6 is 0 Å². The van der Waals surface area contributed by atoms with Crippen molar-refractivity contribution in [2.24, 2.45) is 5.92 Å². The van der Waals surface area contributed by atoms with Crippen molar-refractivity contribution in [1.82, 2.24) is 9.47 Å². The van der Waals surface area contributed by atoms with Gasteiger partial charge in [-0.2, -0.15) is 0 Å². The number of rotatable bonds is 8. The Bertz CT molecular complexity index is 448. The Morgan fingerprint density at radius 2 is 1.95 bits per heavy atom. The fourth-order valence-corrected chi connectivity index (χ4v) is 2.73. The molecule has 0 aliphatic rings. The van der Waals surface area contributed by atoms with Gasteiger partial charge in [0.05, 0.1) is 6.54 Å². The number of nitrogens with zero attached hydrogens (tertiary/aromatic N) is 2. The van der Waals surface area contributed by atoms with E-state index in [4.69, 9.17) is 0 Å². The van der Waals surface area contributed by atoms with Crippen LogP contribution in [0.4, 0.5) is 0 Å². The number of likely N-dealkylation sites (N-methyl/N-ethyl adjacent to an activating group) is 1. The molecule has 114 valence electrons. The number of ketones is 1. The number of hydrogen-bond acceptors (Lipinski definition) is 2. The van der Waals surface area contributed by atoms with E-state index < -0.39 is 0 Å². The van der Waals surface area contributed by atoms with Gasteiger partial charge in [0.15, 0.2) is 5.78 Å². The molecule has 1 aromatic heterocycles. The summed E-state index contributed by atoms with van der Waals surface area (Å²) in [5, 5.41) is 0. The molecule has 1 unspecified atom stereocenters. The maximum Gasteiger partial charge on any atom is 0.178 e. The van der Waals surface area contributed by atoms with Crippen molar-refractivity contribution < 1.29 is 4.79 Å². The first-order chi connectivity index (χ1) is 9.44. The van der Waals surface area contributed by atoms with E-state index in [1.54, 1.807) is 0 Å². The van der Waals surface area contributed by atoms with Gasteiger partial charge in [-0.15, -0.1) is 0 Å². The molecule has 0 aliphatic carbocycles. The minimum atomic E-state index is 0.253. The molecule has 0 amide bonds. The van der Waals surface area contributed by atoms with Gasteiger partial charge in [-0.1, -0.05) is 27.2 Å². The van der Waals surface area contributed by atoms with E-state index in [2.05, 4.69) is 51.0 Å². The summed E-state index contributed by atoms with van der Waals surface area (Å²) in [7, 11) is 0. The van der Waals surface area contributed by atoms with Crippen LogP contribution in [0.5, 0.6) is 0 Å². The Labute approximate surface area is 124 Å². The Hall–Kier alpha value is -1.09. The zero-order valence-corrected chi connectivity index (χ0v) is 14.0. The van der Waals surface area contributed by atoms with Gasteiger partial charge in [-0.3, -0.25) is 9.69 Å². The van der Waals surface area contributed by atoms with Crippen LogP contribution < -0.4 is 0 Å². The molecule has 0 spiro atoms. The number of aryl methyl sites for hydroxylation is 1. The summed E-state index contributed by atoms with van der Waals surface area (Å²) >= 11 is 0. The summed E-state index contributed by atoms with van der Waals surface area (Å²) in [6, 6.07) is 2.04. The van der Waals surface area contributed by atoms with Crippen LogP contribution in [0.25, 0.3) is 0 Å². The van der Waals surface area contributed by atoms with E-state index in [1.807, 2.05) is 6.07 Å². The van der Waals surface area contributed by atoms with Crippen molar-refractivity contribution in [2.45, 2.75) is 54.5 Å². The molecule has 0 saturated carbocycles. The van der Waals surface area contributed by atoms with Gasteiger partial charge in [0, 0.05) is 30.0 Å². The molecule has 0 radical (unpaired) electrons. The van der Waals surface area contributed by atoms with E-state index >= 15 is 0 Å². The first-order valence-electron chi connectivity index (χ1n) is 7.86. The molecule has 1 aromatic rings. The standard InChI is InChI=1S/C17H30N2O/c1-7-13(4)11-18(8-2)12-17(20)16-10-14(5)19(9-3)15(16)6/h10,13H,7-9,11-12H2,1-6H3. The summed E-state index contributed by atoms with van der Waals surface area (Å²) in [6.45, 7) is 16.2. The molecule has 1 heterocycles. The Morgan fingerprint density at radius 3 is 2.40 bits per heavy atom. The third-order valence-corrected chi connectivity index (χ3v) is 4.27. The first kappa shape index (κ1) is 17.0. The monoisotopic (exact) mass is 278 g/mol. The van der Waals surface area contributed by atoms with Crippen molar-refractivity contribution >= 4 is 5.78 Å². The van der Waals surface area contributed by atoms with E-state index in [0.717, 1.165) is 37.3 Å². The number of carbonyl (C=O) groups is 1. The lowest BCUT2D eigenvalue weighted by Gasteiger charge is -2.22. The Morgan fingerprint density at radius 1 is 1.30 bits per heavy atom. The molecule has 0 fully saturated rings. The lowest BCUT2D eigenvalue weighted by molar-refractivity contribution is 0.0923. The summed E-state index contributed by atoms with van der Waals surface area (Å²) < 4.78 is 2.21. The van der Waals surface area contributed by atoms with Gasteiger partial charge in [-0.25, -0.2) is 0 Å². The smallest absolute Gasteiger partial charge is 0.178 e. The van der Waals surface area contributed by atoms with Crippen molar-refractivity contribution in [3.05, 3.63) is 23.0 Å². The zero-order valence-electron chi connectivity index (χ0n) is 14.0. The molecule has 0 aliphatic heterocycles. The topological polar surface area (TPSA) is 25.2 Å². The molecule has 3 heteroatoms. The van der Waals surface area contributed by atoms with Crippen LogP contribution in [0.2, 0.25) is 0 Å². The molecule has 3 nitrogen and oxygen atoms in total. The highest BCUT2D eigenvalue weighted by molar-refractivity contribution is 5.99. The maximum absolute atomic E-state index is 12.5. The molecule has 20 heavy (non-hydrogen) atoms. The summed E-state index contributed by atoms with van der Waals surface area (Å²) in [4.78, 5) is 14.8. The fourth-order valence-electron chi connectivity index (χ4n) is 2.73. The van der Waals surface area contributed by atoms with Gasteiger partial charge in [0.2, 0.25) is 0 Å². The summed E-state index contributed by atoms with van der Waals surface area (Å²) in [5.41, 5.74) is 3.18. The van der Waals surface area contributed by atoms with E-state index in [1.165, 1.54) is 5.69 Å². The number of Topliss-reactive ketones (excluding diaryl/α,β-unsaturated/α-hetero) is 1. The molecule has 0 aromatic carbocycles. The normalized spacial score (nSPS) is 12.9. The Kier molecular flexibility index (Phi) is 6.47. The highest BCUT2D eigenvalue weighted by atomic mass is 16.1. The molecule has 0 N–H and O–H groups in total. The molecular weight excluding hydrogens is 248 g/mol. The van der Waals surface area contributed by atoms with Gasteiger partial charge in [-0.05, 0) is 39.3 Å². The van der Waals surface area contributed by atoms with Crippen molar-refractivity contribution in [1.29, 1.82) is 0 Å². The molecular formula is C17H30N2O. The molecule has 0 saturated heterocycles. The van der Waals surface area contributed by atoms with Crippen LogP contribution in [0.3, 0.4) is 0 Å². The minimum absolute atomic E-state index is 0.253. The zero-order chi connectivity index (χ0) is 15.3. The predicted octanol–water partition coefficient (Wildman–Crippen LogP) is 3.68. The van der Waals surface area contributed by atoms with Crippen molar-refractivity contribution in [3.8, 4) is 0 Å². The number of hydrogen-bond donors (Lipinski definition) is 0. The van der Waals surface area contributed by atoms with E-state index in [-0.39, 0.29) is 5.78 Å². The van der Waals surface area contributed by atoms with Crippen molar-refractivity contribution in [2.75, 3.05) is 19.6 Å². The lowest BCUT2D eigenvalue weighted by Crippen LogP contribution is -2.33. The maximum atomic E-state index is 12.5. The second-order valence-electron chi connectivity index (χ2n) is 5.79. The average Bonchev–Trinajstić information content (AvgIpc) is 2.72. The van der Waals surface area contributed by atoms with Crippen LogP contribution in [0, 0.1) is 19.8 Å². The Balaban J connectivity index is 2.79. The first-order valence-corrected chi connectivity index (χ1v) is 7.86. The fraction of sp³-hybridized carbons (Fsp3) is 0.706. The average molecular weight is 278 g/mol. The third-order valence-electron chi connectivity index (χ3n) is 4.27. The molecule has 1 atom stereocenters. The van der Waals surface area contributed by atoms with Crippen LogP contribution in [0.15, 0.2) is 6.07 Å². The van der Waals surface area contributed by atoms with Crippen molar-refractivity contribution in [3.63, 3.8) is 0 Å². The van der Waals surface area contributed by atoms with Gasteiger partial charge in [0.25, 0.3) is 0 Å². The van der Waals surface area contributed by atoms with Gasteiger partial charge in [0.1, 0.15) is 0 Å². The highest BCUT2D eigenvalue weighted by Crippen LogP contribution is 2.16.